The minimum atomic E-state index is -0.00516. The van der Waals surface area contributed by atoms with Gasteiger partial charge in [0.2, 0.25) is 0 Å². The third-order valence-corrected chi connectivity index (χ3v) is 4.69. The van der Waals surface area contributed by atoms with E-state index in [1.165, 1.54) is 10.4 Å². The van der Waals surface area contributed by atoms with Crippen molar-refractivity contribution in [2.75, 3.05) is 12.8 Å². The van der Waals surface area contributed by atoms with Crippen molar-refractivity contribution >= 4 is 32.4 Å². The van der Waals surface area contributed by atoms with Crippen molar-refractivity contribution in [1.29, 1.82) is 0 Å². The highest BCUT2D eigenvalue weighted by atomic mass is 79.9. The molecular weight excluding hydrogens is 336 g/mol. The maximum atomic E-state index is 5.89. The number of ether oxygens (including phenoxy) is 1. The second kappa shape index (κ2) is 5.74. The number of aromatic nitrogens is 1. The van der Waals surface area contributed by atoms with Gasteiger partial charge in [0.1, 0.15) is 5.75 Å². The zero-order valence-corrected chi connectivity index (χ0v) is 14.6. The molecule has 0 unspecified atom stereocenters. The van der Waals surface area contributed by atoms with Gasteiger partial charge in [-0.25, -0.2) is 4.98 Å². The van der Waals surface area contributed by atoms with Gasteiger partial charge >= 0.3 is 0 Å². The van der Waals surface area contributed by atoms with Crippen molar-refractivity contribution in [1.82, 2.24) is 4.98 Å². The first-order valence-corrected chi connectivity index (χ1v) is 8.00. The molecular formula is C15H19BrN2OS. The fourth-order valence-corrected chi connectivity index (χ4v) is 3.51. The summed E-state index contributed by atoms with van der Waals surface area (Å²) in [5.41, 5.74) is 8.15. The van der Waals surface area contributed by atoms with Crippen LogP contribution < -0.4 is 10.5 Å². The van der Waals surface area contributed by atoms with E-state index in [2.05, 4.69) is 41.7 Å². The summed E-state index contributed by atoms with van der Waals surface area (Å²) in [6, 6.07) is 6.00. The van der Waals surface area contributed by atoms with Gasteiger partial charge in [0.15, 0.2) is 5.13 Å². The molecule has 108 valence electrons. The zero-order valence-electron chi connectivity index (χ0n) is 12.2. The van der Waals surface area contributed by atoms with Crippen molar-refractivity contribution in [3.63, 3.8) is 0 Å². The Balaban J connectivity index is 2.40. The number of halogens is 1. The lowest BCUT2D eigenvalue weighted by Crippen LogP contribution is -2.14. The van der Waals surface area contributed by atoms with Gasteiger partial charge in [-0.1, -0.05) is 36.7 Å². The Morgan fingerprint density at radius 1 is 1.35 bits per heavy atom. The van der Waals surface area contributed by atoms with Gasteiger partial charge in [0.05, 0.1) is 12.8 Å². The van der Waals surface area contributed by atoms with E-state index in [0.29, 0.717) is 5.13 Å². The summed E-state index contributed by atoms with van der Waals surface area (Å²) >= 11 is 5.16. The molecule has 2 rings (SSSR count). The molecule has 0 saturated heterocycles. The van der Waals surface area contributed by atoms with E-state index in [1.54, 1.807) is 18.4 Å². The van der Waals surface area contributed by atoms with E-state index in [9.17, 15) is 0 Å². The van der Waals surface area contributed by atoms with Crippen LogP contribution in [0.2, 0.25) is 0 Å². The fourth-order valence-electron chi connectivity index (χ4n) is 2.06. The standard InChI is InChI=1S/C15H19BrN2OS/c1-15(2,3)13-12(20-14(17)18-13)8-9-7-10(19-4)5-6-11(9)16/h5-7H,8H2,1-4H3,(H2,17,18). The van der Waals surface area contributed by atoms with Gasteiger partial charge < -0.3 is 10.5 Å². The Hall–Kier alpha value is -1.07. The molecule has 3 nitrogen and oxygen atoms in total. The maximum Gasteiger partial charge on any atom is 0.180 e. The second-order valence-corrected chi connectivity index (χ2v) is 7.68. The Bertz CT molecular complexity index is 617. The van der Waals surface area contributed by atoms with Gasteiger partial charge in [-0.2, -0.15) is 0 Å². The van der Waals surface area contributed by atoms with Gasteiger partial charge in [0.25, 0.3) is 0 Å². The summed E-state index contributed by atoms with van der Waals surface area (Å²) in [5, 5.41) is 0.629. The first-order valence-electron chi connectivity index (χ1n) is 6.39. The van der Waals surface area contributed by atoms with Gasteiger partial charge in [-0.15, -0.1) is 11.3 Å². The molecule has 20 heavy (non-hydrogen) atoms. The highest BCUT2D eigenvalue weighted by molar-refractivity contribution is 9.10. The first kappa shape index (κ1) is 15.3. The minimum Gasteiger partial charge on any atom is -0.497 e. The monoisotopic (exact) mass is 354 g/mol. The van der Waals surface area contributed by atoms with E-state index >= 15 is 0 Å². The van der Waals surface area contributed by atoms with E-state index in [0.717, 1.165) is 22.3 Å². The number of thiazole rings is 1. The number of nitrogens with two attached hydrogens (primary N) is 1. The maximum absolute atomic E-state index is 5.89. The third-order valence-electron chi connectivity index (χ3n) is 3.03. The van der Waals surface area contributed by atoms with E-state index in [-0.39, 0.29) is 5.41 Å². The van der Waals surface area contributed by atoms with E-state index in [1.807, 2.05) is 18.2 Å². The highest BCUT2D eigenvalue weighted by Gasteiger charge is 2.23. The number of benzene rings is 1. The fraction of sp³-hybridized carbons (Fsp3) is 0.400. The van der Waals surface area contributed by atoms with Crippen molar-refractivity contribution in [2.24, 2.45) is 0 Å². The number of hydrogen-bond donors (Lipinski definition) is 1. The molecule has 0 atom stereocenters. The van der Waals surface area contributed by atoms with Crippen molar-refractivity contribution in [2.45, 2.75) is 32.6 Å². The van der Waals surface area contributed by atoms with Crippen LogP contribution in [0.5, 0.6) is 5.75 Å². The Morgan fingerprint density at radius 2 is 2.05 bits per heavy atom. The number of methoxy groups -OCH3 is 1. The molecule has 0 aliphatic carbocycles. The number of nitrogens with zero attached hydrogens (tertiary/aromatic N) is 1. The molecule has 1 aromatic carbocycles. The molecule has 0 saturated carbocycles. The molecule has 0 fully saturated rings. The van der Waals surface area contributed by atoms with E-state index in [4.69, 9.17) is 10.5 Å². The lowest BCUT2D eigenvalue weighted by molar-refractivity contribution is 0.414. The summed E-state index contributed by atoms with van der Waals surface area (Å²) < 4.78 is 6.37. The highest BCUT2D eigenvalue weighted by Crippen LogP contribution is 2.34. The minimum absolute atomic E-state index is 0.00516. The Kier molecular flexibility index (Phi) is 4.39. The third kappa shape index (κ3) is 3.33. The molecule has 0 radical (unpaired) electrons. The predicted molar refractivity (Wildman–Crippen MR) is 88.7 cm³/mol. The van der Waals surface area contributed by atoms with Crippen LogP contribution in [0.15, 0.2) is 22.7 Å². The topological polar surface area (TPSA) is 48.1 Å². The molecule has 0 aliphatic heterocycles. The van der Waals surface area contributed by atoms with Crippen LogP contribution in [-0.4, -0.2) is 12.1 Å². The lowest BCUT2D eigenvalue weighted by atomic mass is 9.90. The molecule has 0 bridgehead atoms. The SMILES string of the molecule is COc1ccc(Br)c(Cc2sc(N)nc2C(C)(C)C)c1. The summed E-state index contributed by atoms with van der Waals surface area (Å²) in [5.74, 6) is 0.859. The van der Waals surface area contributed by atoms with Gasteiger partial charge in [-0.3, -0.25) is 0 Å². The van der Waals surface area contributed by atoms with Crippen LogP contribution in [0.3, 0.4) is 0 Å². The van der Waals surface area contributed by atoms with Crippen molar-refractivity contribution < 1.29 is 4.74 Å². The molecule has 2 aromatic rings. The van der Waals surface area contributed by atoms with Crippen LogP contribution in [0, 0.1) is 0 Å². The van der Waals surface area contributed by atoms with Gasteiger partial charge in [0, 0.05) is 21.2 Å². The predicted octanol–water partition coefficient (Wildman–Crippen LogP) is 4.38. The summed E-state index contributed by atoms with van der Waals surface area (Å²) in [6.07, 6.45) is 0.805. The first-order chi connectivity index (χ1) is 9.31. The van der Waals surface area contributed by atoms with Crippen LogP contribution >= 0.6 is 27.3 Å². The largest absolute Gasteiger partial charge is 0.497 e. The molecule has 2 N–H and O–H groups in total. The van der Waals surface area contributed by atoms with E-state index < -0.39 is 0 Å². The van der Waals surface area contributed by atoms with Crippen molar-refractivity contribution in [3.05, 3.63) is 38.8 Å². The summed E-state index contributed by atoms with van der Waals surface area (Å²) in [7, 11) is 1.68. The van der Waals surface area contributed by atoms with Crippen molar-refractivity contribution in [3.8, 4) is 5.75 Å². The molecule has 0 amide bonds. The van der Waals surface area contributed by atoms with Gasteiger partial charge in [-0.05, 0) is 23.8 Å². The Labute approximate surface area is 132 Å². The molecule has 1 aromatic heterocycles. The Morgan fingerprint density at radius 3 is 2.65 bits per heavy atom. The number of rotatable bonds is 3. The second-order valence-electron chi connectivity index (χ2n) is 5.71. The lowest BCUT2D eigenvalue weighted by Gasteiger charge is -2.18. The quantitative estimate of drug-likeness (QED) is 0.889. The normalized spacial score (nSPS) is 11.7. The number of anilines is 1. The molecule has 5 heteroatoms. The molecule has 0 spiro atoms. The average molecular weight is 355 g/mol. The zero-order chi connectivity index (χ0) is 14.9. The molecule has 1 heterocycles. The number of hydrogen-bond acceptors (Lipinski definition) is 4. The molecule has 0 aliphatic rings. The van der Waals surface area contributed by atoms with Crippen LogP contribution in [-0.2, 0) is 11.8 Å². The van der Waals surface area contributed by atoms with Crippen LogP contribution in [0.1, 0.15) is 36.9 Å². The van der Waals surface area contributed by atoms with Crippen LogP contribution in [0.25, 0.3) is 0 Å². The summed E-state index contributed by atoms with van der Waals surface area (Å²) in [4.78, 5) is 5.71. The average Bonchev–Trinajstić information content (AvgIpc) is 2.73. The summed E-state index contributed by atoms with van der Waals surface area (Å²) in [6.45, 7) is 6.48. The number of nitrogen functional groups attached to an aromatic ring is 1. The smallest absolute Gasteiger partial charge is 0.180 e. The van der Waals surface area contributed by atoms with Crippen LogP contribution in [0.4, 0.5) is 5.13 Å².